The van der Waals surface area contributed by atoms with Crippen LogP contribution in [0.3, 0.4) is 0 Å². The Balaban J connectivity index is 1.83. The molecule has 0 atom stereocenters. The fraction of sp³-hybridized carbons (Fsp3) is 0.235. The summed E-state index contributed by atoms with van der Waals surface area (Å²) < 4.78 is 12.0. The van der Waals surface area contributed by atoms with Gasteiger partial charge in [0.2, 0.25) is 5.91 Å². The van der Waals surface area contributed by atoms with Crippen LogP contribution in [-0.4, -0.2) is 19.1 Å². The highest BCUT2D eigenvalue weighted by molar-refractivity contribution is 9.10. The maximum Gasteiger partial charge on any atom is 0.227 e. The van der Waals surface area contributed by atoms with Gasteiger partial charge in [-0.25, -0.2) is 0 Å². The first-order valence-electron chi connectivity index (χ1n) is 7.09. The molecule has 116 valence electrons. The van der Waals surface area contributed by atoms with E-state index >= 15 is 0 Å². The lowest BCUT2D eigenvalue weighted by molar-refractivity contribution is -0.116. The molecule has 22 heavy (non-hydrogen) atoms. The van der Waals surface area contributed by atoms with Gasteiger partial charge in [0.15, 0.2) is 0 Å². The van der Waals surface area contributed by atoms with Gasteiger partial charge in [-0.1, -0.05) is 34.1 Å². The van der Waals surface area contributed by atoms with E-state index < -0.39 is 0 Å². The van der Waals surface area contributed by atoms with Crippen molar-refractivity contribution in [3.05, 3.63) is 53.0 Å². The Morgan fingerprint density at radius 2 is 1.95 bits per heavy atom. The molecule has 1 amide bonds. The summed E-state index contributed by atoms with van der Waals surface area (Å²) >= 11 is 3.38. The Labute approximate surface area is 138 Å². The first-order chi connectivity index (χ1) is 10.7. The number of rotatable bonds is 7. The molecule has 0 aliphatic rings. The number of carbonyl (C=O) groups is 1. The SMILES string of the molecule is CCOc1ccccc1NC(=O)CCOc1cccc(Br)c1. The van der Waals surface area contributed by atoms with E-state index in [-0.39, 0.29) is 12.3 Å². The third-order valence-electron chi connectivity index (χ3n) is 2.85. The number of carbonyl (C=O) groups excluding carboxylic acids is 1. The van der Waals surface area contributed by atoms with E-state index in [9.17, 15) is 4.79 Å². The molecule has 0 fully saturated rings. The molecule has 0 saturated heterocycles. The molecule has 0 bridgehead atoms. The second kappa shape index (κ2) is 8.44. The van der Waals surface area contributed by atoms with Crippen LogP contribution in [0.2, 0.25) is 0 Å². The Bertz CT molecular complexity index is 631. The molecule has 0 heterocycles. The van der Waals surface area contributed by atoms with Crippen molar-refractivity contribution in [1.82, 2.24) is 0 Å². The second-order valence-corrected chi connectivity index (χ2v) is 5.45. The number of hydrogen-bond donors (Lipinski definition) is 1. The zero-order valence-electron chi connectivity index (χ0n) is 12.3. The zero-order chi connectivity index (χ0) is 15.8. The standard InChI is InChI=1S/C17H18BrNO3/c1-2-21-16-9-4-3-8-15(16)19-17(20)10-11-22-14-7-5-6-13(18)12-14/h3-9,12H,2,10-11H2,1H3,(H,19,20). The van der Waals surface area contributed by atoms with Gasteiger partial charge >= 0.3 is 0 Å². The molecule has 0 spiro atoms. The Morgan fingerprint density at radius 3 is 2.73 bits per heavy atom. The third kappa shape index (κ3) is 5.07. The molecule has 2 aromatic carbocycles. The predicted octanol–water partition coefficient (Wildman–Crippen LogP) is 4.26. The number of anilines is 1. The molecular formula is C17H18BrNO3. The van der Waals surface area contributed by atoms with E-state index in [2.05, 4.69) is 21.2 Å². The summed E-state index contributed by atoms with van der Waals surface area (Å²) in [6.07, 6.45) is 0.271. The van der Waals surface area contributed by atoms with Gasteiger partial charge in [-0.15, -0.1) is 0 Å². The van der Waals surface area contributed by atoms with Crippen LogP contribution in [-0.2, 0) is 4.79 Å². The van der Waals surface area contributed by atoms with E-state index in [1.807, 2.05) is 55.5 Å². The lowest BCUT2D eigenvalue weighted by Crippen LogP contribution is -2.15. The molecule has 0 radical (unpaired) electrons. The van der Waals surface area contributed by atoms with Gasteiger partial charge < -0.3 is 14.8 Å². The van der Waals surface area contributed by atoms with Gasteiger partial charge in [0.05, 0.1) is 25.3 Å². The van der Waals surface area contributed by atoms with Crippen LogP contribution in [0.1, 0.15) is 13.3 Å². The molecule has 1 N–H and O–H groups in total. The van der Waals surface area contributed by atoms with Crippen molar-refractivity contribution in [2.45, 2.75) is 13.3 Å². The molecular weight excluding hydrogens is 346 g/mol. The first kappa shape index (κ1) is 16.4. The molecule has 4 nitrogen and oxygen atoms in total. The van der Waals surface area contributed by atoms with Crippen LogP contribution in [0.15, 0.2) is 53.0 Å². The van der Waals surface area contributed by atoms with Crippen LogP contribution in [0, 0.1) is 0 Å². The second-order valence-electron chi connectivity index (χ2n) is 4.53. The van der Waals surface area contributed by atoms with E-state index in [1.165, 1.54) is 0 Å². The number of hydrogen-bond acceptors (Lipinski definition) is 3. The summed E-state index contributed by atoms with van der Waals surface area (Å²) in [6, 6.07) is 14.9. The summed E-state index contributed by atoms with van der Waals surface area (Å²) in [5.41, 5.74) is 0.678. The molecule has 0 aromatic heterocycles. The van der Waals surface area contributed by atoms with Crippen molar-refractivity contribution >= 4 is 27.5 Å². The minimum absolute atomic E-state index is 0.109. The molecule has 0 aliphatic carbocycles. The van der Waals surface area contributed by atoms with E-state index in [1.54, 1.807) is 0 Å². The van der Waals surface area contributed by atoms with Crippen molar-refractivity contribution in [2.24, 2.45) is 0 Å². The summed E-state index contributed by atoms with van der Waals surface area (Å²) in [6.45, 7) is 2.78. The van der Waals surface area contributed by atoms with Gasteiger partial charge in [-0.05, 0) is 37.3 Å². The quantitative estimate of drug-likeness (QED) is 0.799. The van der Waals surface area contributed by atoms with Crippen molar-refractivity contribution in [2.75, 3.05) is 18.5 Å². The first-order valence-corrected chi connectivity index (χ1v) is 7.88. The van der Waals surface area contributed by atoms with Crippen molar-refractivity contribution in [3.8, 4) is 11.5 Å². The van der Waals surface area contributed by atoms with Crippen molar-refractivity contribution in [3.63, 3.8) is 0 Å². The van der Waals surface area contributed by atoms with Crippen LogP contribution >= 0.6 is 15.9 Å². The van der Waals surface area contributed by atoms with Crippen molar-refractivity contribution in [1.29, 1.82) is 0 Å². The highest BCUT2D eigenvalue weighted by Gasteiger charge is 2.07. The number of amides is 1. The number of ether oxygens (including phenoxy) is 2. The van der Waals surface area contributed by atoms with E-state index in [0.29, 0.717) is 24.7 Å². The molecule has 0 saturated carbocycles. The summed E-state index contributed by atoms with van der Waals surface area (Å²) in [5.74, 6) is 1.30. The largest absolute Gasteiger partial charge is 0.493 e. The fourth-order valence-corrected chi connectivity index (χ4v) is 2.26. The van der Waals surface area contributed by atoms with Gasteiger partial charge in [-0.3, -0.25) is 4.79 Å². The number of nitrogens with one attached hydrogen (secondary N) is 1. The summed E-state index contributed by atoms with van der Waals surface area (Å²) in [4.78, 5) is 12.0. The van der Waals surface area contributed by atoms with Crippen LogP contribution in [0.4, 0.5) is 5.69 Å². The van der Waals surface area contributed by atoms with Crippen molar-refractivity contribution < 1.29 is 14.3 Å². The van der Waals surface area contributed by atoms with E-state index in [0.717, 1.165) is 10.2 Å². The van der Waals surface area contributed by atoms with Gasteiger partial charge in [-0.2, -0.15) is 0 Å². The molecule has 2 rings (SSSR count). The maximum absolute atomic E-state index is 12.0. The number of para-hydroxylation sites is 2. The molecule has 2 aromatic rings. The highest BCUT2D eigenvalue weighted by Crippen LogP contribution is 2.23. The Kier molecular flexibility index (Phi) is 6.27. The monoisotopic (exact) mass is 363 g/mol. The smallest absolute Gasteiger partial charge is 0.227 e. The molecule has 0 unspecified atom stereocenters. The number of halogens is 1. The molecule has 0 aliphatic heterocycles. The third-order valence-corrected chi connectivity index (χ3v) is 3.35. The lowest BCUT2D eigenvalue weighted by atomic mass is 10.3. The van der Waals surface area contributed by atoms with Gasteiger partial charge in [0.25, 0.3) is 0 Å². The van der Waals surface area contributed by atoms with Crippen LogP contribution in [0.25, 0.3) is 0 Å². The summed E-state index contributed by atoms with van der Waals surface area (Å²) in [5, 5.41) is 2.84. The minimum Gasteiger partial charge on any atom is -0.493 e. The summed E-state index contributed by atoms with van der Waals surface area (Å²) in [7, 11) is 0. The van der Waals surface area contributed by atoms with E-state index in [4.69, 9.17) is 9.47 Å². The van der Waals surface area contributed by atoms with Crippen LogP contribution < -0.4 is 14.8 Å². The highest BCUT2D eigenvalue weighted by atomic mass is 79.9. The fourth-order valence-electron chi connectivity index (χ4n) is 1.88. The maximum atomic E-state index is 12.0. The Hall–Kier alpha value is -2.01. The van der Waals surface area contributed by atoms with Gasteiger partial charge in [0, 0.05) is 4.47 Å². The zero-order valence-corrected chi connectivity index (χ0v) is 13.9. The lowest BCUT2D eigenvalue weighted by Gasteiger charge is -2.11. The number of benzene rings is 2. The minimum atomic E-state index is -0.109. The predicted molar refractivity (Wildman–Crippen MR) is 90.5 cm³/mol. The van der Waals surface area contributed by atoms with Gasteiger partial charge in [0.1, 0.15) is 11.5 Å². The Morgan fingerprint density at radius 1 is 1.14 bits per heavy atom. The van der Waals surface area contributed by atoms with Crippen LogP contribution in [0.5, 0.6) is 11.5 Å². The topological polar surface area (TPSA) is 47.6 Å². The average molecular weight is 364 g/mol. The normalized spacial score (nSPS) is 10.1. The molecule has 5 heteroatoms. The average Bonchev–Trinajstić information content (AvgIpc) is 2.49.